The number of carbonyl (C=O) groups is 1. The van der Waals surface area contributed by atoms with Crippen molar-refractivity contribution in [1.29, 1.82) is 0 Å². The van der Waals surface area contributed by atoms with Gasteiger partial charge in [0, 0.05) is 26.3 Å². The standard InChI is InChI=1S/C19H25N3O4S/c1-14-11-16(26-4)9-10-17(14)20-13-19(23)21-12-15-7-5-6-8-18(15)27(24,25)22(2)3/h5-11,20H,12-13H2,1-4H3,(H,21,23). The van der Waals surface area contributed by atoms with Gasteiger partial charge in [0.1, 0.15) is 5.75 Å². The van der Waals surface area contributed by atoms with E-state index in [1.807, 2.05) is 25.1 Å². The van der Waals surface area contributed by atoms with Gasteiger partial charge in [0.05, 0.1) is 18.6 Å². The van der Waals surface area contributed by atoms with E-state index in [2.05, 4.69) is 10.6 Å². The number of ether oxygens (including phenoxy) is 1. The van der Waals surface area contributed by atoms with Gasteiger partial charge in [-0.05, 0) is 42.3 Å². The molecule has 2 rings (SSSR count). The topological polar surface area (TPSA) is 87.7 Å². The van der Waals surface area contributed by atoms with Gasteiger partial charge in [-0.25, -0.2) is 12.7 Å². The third kappa shape index (κ3) is 5.21. The quantitative estimate of drug-likeness (QED) is 0.718. The van der Waals surface area contributed by atoms with Crippen LogP contribution in [0.3, 0.4) is 0 Å². The van der Waals surface area contributed by atoms with Crippen molar-refractivity contribution in [3.8, 4) is 5.75 Å². The van der Waals surface area contributed by atoms with Crippen molar-refractivity contribution < 1.29 is 17.9 Å². The van der Waals surface area contributed by atoms with E-state index < -0.39 is 10.0 Å². The zero-order valence-electron chi connectivity index (χ0n) is 15.9. The molecule has 0 atom stereocenters. The molecule has 0 radical (unpaired) electrons. The van der Waals surface area contributed by atoms with E-state index in [4.69, 9.17) is 4.74 Å². The number of nitrogens with zero attached hydrogens (tertiary/aromatic N) is 1. The first-order valence-electron chi connectivity index (χ1n) is 8.41. The lowest BCUT2D eigenvalue weighted by Gasteiger charge is -2.16. The first kappa shape index (κ1) is 20.7. The molecule has 0 heterocycles. The summed E-state index contributed by atoms with van der Waals surface area (Å²) in [6.45, 7) is 2.13. The summed E-state index contributed by atoms with van der Waals surface area (Å²) in [7, 11) is 0.988. The molecule has 27 heavy (non-hydrogen) atoms. The molecule has 2 N–H and O–H groups in total. The van der Waals surface area contributed by atoms with E-state index >= 15 is 0 Å². The van der Waals surface area contributed by atoms with Crippen LogP contribution in [0.4, 0.5) is 5.69 Å². The predicted octanol–water partition coefficient (Wildman–Crippen LogP) is 1.98. The van der Waals surface area contributed by atoms with Crippen molar-refractivity contribution in [1.82, 2.24) is 9.62 Å². The predicted molar refractivity (Wildman–Crippen MR) is 105 cm³/mol. The Bertz CT molecular complexity index is 911. The smallest absolute Gasteiger partial charge is 0.242 e. The summed E-state index contributed by atoms with van der Waals surface area (Å²) in [4.78, 5) is 12.3. The molecular weight excluding hydrogens is 366 g/mol. The van der Waals surface area contributed by atoms with Gasteiger partial charge in [-0.2, -0.15) is 0 Å². The minimum Gasteiger partial charge on any atom is -0.497 e. The molecule has 0 fully saturated rings. The van der Waals surface area contributed by atoms with E-state index in [0.717, 1.165) is 21.3 Å². The highest BCUT2D eigenvalue weighted by Gasteiger charge is 2.20. The number of methoxy groups -OCH3 is 1. The maximum atomic E-state index is 12.4. The van der Waals surface area contributed by atoms with Gasteiger partial charge in [0.25, 0.3) is 0 Å². The van der Waals surface area contributed by atoms with Crippen LogP contribution in [0.25, 0.3) is 0 Å². The molecule has 146 valence electrons. The van der Waals surface area contributed by atoms with E-state index in [1.54, 1.807) is 25.3 Å². The largest absolute Gasteiger partial charge is 0.497 e. The molecule has 0 aliphatic heterocycles. The summed E-state index contributed by atoms with van der Waals surface area (Å²) in [6, 6.07) is 12.2. The highest BCUT2D eigenvalue weighted by molar-refractivity contribution is 7.89. The molecule has 0 saturated heterocycles. The number of carbonyl (C=O) groups excluding carboxylic acids is 1. The van der Waals surface area contributed by atoms with E-state index in [0.29, 0.717) is 5.56 Å². The Balaban J connectivity index is 1.99. The number of anilines is 1. The van der Waals surface area contributed by atoms with Crippen molar-refractivity contribution in [3.63, 3.8) is 0 Å². The van der Waals surface area contributed by atoms with Crippen molar-refractivity contribution in [2.75, 3.05) is 33.1 Å². The van der Waals surface area contributed by atoms with Gasteiger partial charge in [-0.15, -0.1) is 0 Å². The fraction of sp³-hybridized carbons (Fsp3) is 0.316. The van der Waals surface area contributed by atoms with Crippen LogP contribution in [0.5, 0.6) is 5.75 Å². The molecule has 2 aromatic rings. The molecule has 8 heteroatoms. The Morgan fingerprint density at radius 2 is 1.85 bits per heavy atom. The summed E-state index contributed by atoms with van der Waals surface area (Å²) >= 11 is 0. The van der Waals surface area contributed by atoms with Gasteiger partial charge in [-0.1, -0.05) is 18.2 Å². The zero-order chi connectivity index (χ0) is 20.0. The van der Waals surface area contributed by atoms with Crippen LogP contribution in [0.15, 0.2) is 47.4 Å². The van der Waals surface area contributed by atoms with Crippen LogP contribution in [0.1, 0.15) is 11.1 Å². The van der Waals surface area contributed by atoms with Gasteiger partial charge >= 0.3 is 0 Å². The number of sulfonamides is 1. The monoisotopic (exact) mass is 391 g/mol. The van der Waals surface area contributed by atoms with Crippen molar-refractivity contribution >= 4 is 21.6 Å². The van der Waals surface area contributed by atoms with Crippen LogP contribution >= 0.6 is 0 Å². The SMILES string of the molecule is COc1ccc(NCC(=O)NCc2ccccc2S(=O)(=O)N(C)C)c(C)c1. The maximum absolute atomic E-state index is 12.4. The van der Waals surface area contributed by atoms with Crippen LogP contribution in [-0.4, -0.2) is 46.4 Å². The van der Waals surface area contributed by atoms with Gasteiger partial charge in [0.15, 0.2) is 0 Å². The summed E-state index contributed by atoms with van der Waals surface area (Å²) in [5.74, 6) is 0.517. The third-order valence-electron chi connectivity index (χ3n) is 4.08. The summed E-state index contributed by atoms with van der Waals surface area (Å²) in [6.07, 6.45) is 0. The molecule has 2 aromatic carbocycles. The lowest BCUT2D eigenvalue weighted by molar-refractivity contribution is -0.119. The van der Waals surface area contributed by atoms with Gasteiger partial charge < -0.3 is 15.4 Å². The van der Waals surface area contributed by atoms with Crippen molar-refractivity contribution in [2.45, 2.75) is 18.4 Å². The first-order valence-corrected chi connectivity index (χ1v) is 9.85. The van der Waals surface area contributed by atoms with Crippen LogP contribution in [0.2, 0.25) is 0 Å². The fourth-order valence-corrected chi connectivity index (χ4v) is 3.61. The molecule has 0 unspecified atom stereocenters. The second-order valence-corrected chi connectivity index (χ2v) is 8.33. The van der Waals surface area contributed by atoms with Gasteiger partial charge in [-0.3, -0.25) is 4.79 Å². The van der Waals surface area contributed by atoms with Crippen LogP contribution < -0.4 is 15.4 Å². The number of benzene rings is 2. The lowest BCUT2D eigenvalue weighted by Crippen LogP contribution is -2.31. The average Bonchev–Trinajstić information content (AvgIpc) is 2.65. The maximum Gasteiger partial charge on any atom is 0.242 e. The molecule has 0 aliphatic rings. The second-order valence-electron chi connectivity index (χ2n) is 6.21. The fourth-order valence-electron chi connectivity index (χ4n) is 2.49. The number of rotatable bonds is 8. The molecular formula is C19H25N3O4S. The molecule has 0 aromatic heterocycles. The molecule has 1 amide bonds. The Morgan fingerprint density at radius 3 is 2.48 bits per heavy atom. The third-order valence-corrected chi connectivity index (χ3v) is 6.00. The van der Waals surface area contributed by atoms with Gasteiger partial charge in [0.2, 0.25) is 15.9 Å². The number of aryl methyl sites for hydroxylation is 1. The van der Waals surface area contributed by atoms with Crippen LogP contribution in [0, 0.1) is 6.92 Å². The Hall–Kier alpha value is -2.58. The molecule has 0 bridgehead atoms. The van der Waals surface area contributed by atoms with Crippen molar-refractivity contribution in [3.05, 3.63) is 53.6 Å². The lowest BCUT2D eigenvalue weighted by atomic mass is 10.2. The summed E-state index contributed by atoms with van der Waals surface area (Å²) in [5, 5.41) is 5.82. The van der Waals surface area contributed by atoms with E-state index in [1.165, 1.54) is 20.2 Å². The Morgan fingerprint density at radius 1 is 1.15 bits per heavy atom. The normalized spacial score (nSPS) is 11.3. The highest BCUT2D eigenvalue weighted by Crippen LogP contribution is 2.21. The first-order chi connectivity index (χ1) is 12.8. The Labute approximate surface area is 160 Å². The molecule has 7 nitrogen and oxygen atoms in total. The number of nitrogens with one attached hydrogen (secondary N) is 2. The summed E-state index contributed by atoms with van der Waals surface area (Å²) in [5.41, 5.74) is 2.34. The molecule has 0 saturated carbocycles. The molecule has 0 aliphatic carbocycles. The number of hydrogen-bond acceptors (Lipinski definition) is 5. The minimum absolute atomic E-state index is 0.0791. The Kier molecular flexibility index (Phi) is 6.81. The number of amides is 1. The van der Waals surface area contributed by atoms with Crippen molar-refractivity contribution in [2.24, 2.45) is 0 Å². The zero-order valence-corrected chi connectivity index (χ0v) is 16.8. The molecule has 0 spiro atoms. The van der Waals surface area contributed by atoms with Crippen LogP contribution in [-0.2, 0) is 21.4 Å². The minimum atomic E-state index is -3.57. The van der Waals surface area contributed by atoms with E-state index in [9.17, 15) is 13.2 Å². The number of hydrogen-bond donors (Lipinski definition) is 2. The van der Waals surface area contributed by atoms with E-state index in [-0.39, 0.29) is 23.9 Å². The average molecular weight is 391 g/mol. The summed E-state index contributed by atoms with van der Waals surface area (Å²) < 4.78 is 31.1. The second kappa shape index (κ2) is 8.88. The highest BCUT2D eigenvalue weighted by atomic mass is 32.2.